The lowest BCUT2D eigenvalue weighted by Crippen LogP contribution is -2.34. The van der Waals surface area contributed by atoms with Gasteiger partial charge in [0.2, 0.25) is 17.7 Å². The zero-order chi connectivity index (χ0) is 19.7. The molecule has 0 unspecified atom stereocenters. The maximum atomic E-state index is 12.9. The van der Waals surface area contributed by atoms with Crippen LogP contribution in [0.25, 0.3) is 11.5 Å². The van der Waals surface area contributed by atoms with Gasteiger partial charge >= 0.3 is 0 Å². The van der Waals surface area contributed by atoms with Crippen LogP contribution in [0.4, 0.5) is 0 Å². The lowest BCUT2D eigenvalue weighted by molar-refractivity contribution is -0.132. The van der Waals surface area contributed by atoms with Crippen LogP contribution >= 0.6 is 39.1 Å². The highest BCUT2D eigenvalue weighted by molar-refractivity contribution is 9.10. The van der Waals surface area contributed by atoms with Gasteiger partial charge in [0.25, 0.3) is 0 Å². The number of carbonyl (C=O) groups excluding carboxylic acids is 1. The van der Waals surface area contributed by atoms with Crippen molar-refractivity contribution in [3.8, 4) is 11.5 Å². The van der Waals surface area contributed by atoms with Gasteiger partial charge in [0.15, 0.2) is 0 Å². The maximum absolute atomic E-state index is 12.9. The molecular weight excluding hydrogens is 465 g/mol. The molecule has 1 amide bonds. The first-order valence-corrected chi connectivity index (χ1v) is 10.4. The van der Waals surface area contributed by atoms with Gasteiger partial charge in [-0.3, -0.25) is 4.79 Å². The molecule has 1 saturated carbocycles. The fourth-order valence-corrected chi connectivity index (χ4v) is 3.71. The standard InChI is InChI=1S/C20H16BrCl2N3O2/c21-15-4-2-1-3-14(15)20-25-24-18(28-20)11-26(13-6-7-13)19(27)10-12-5-8-16(22)17(23)9-12/h1-5,8-9,13H,6-7,10-11H2. The van der Waals surface area contributed by atoms with Crippen molar-refractivity contribution in [2.45, 2.75) is 31.8 Å². The van der Waals surface area contributed by atoms with E-state index in [0.717, 1.165) is 28.4 Å². The third kappa shape index (κ3) is 4.40. The van der Waals surface area contributed by atoms with E-state index in [9.17, 15) is 4.79 Å². The van der Waals surface area contributed by atoms with Crippen LogP contribution in [0, 0.1) is 0 Å². The number of hydrogen-bond donors (Lipinski definition) is 0. The van der Waals surface area contributed by atoms with Crippen molar-refractivity contribution in [2.75, 3.05) is 0 Å². The van der Waals surface area contributed by atoms with E-state index in [4.69, 9.17) is 27.6 Å². The first-order valence-electron chi connectivity index (χ1n) is 8.82. The second-order valence-electron chi connectivity index (χ2n) is 6.66. The molecule has 1 heterocycles. The van der Waals surface area contributed by atoms with E-state index in [1.807, 2.05) is 30.3 Å². The van der Waals surface area contributed by atoms with E-state index in [1.54, 1.807) is 17.0 Å². The van der Waals surface area contributed by atoms with E-state index < -0.39 is 0 Å². The molecule has 1 aliphatic rings. The molecule has 5 nitrogen and oxygen atoms in total. The SMILES string of the molecule is O=C(Cc1ccc(Cl)c(Cl)c1)N(Cc1nnc(-c2ccccc2Br)o1)C1CC1. The normalized spacial score (nSPS) is 13.5. The molecule has 1 aromatic heterocycles. The summed E-state index contributed by atoms with van der Waals surface area (Å²) in [7, 11) is 0. The highest BCUT2D eigenvalue weighted by atomic mass is 79.9. The molecule has 2 aromatic carbocycles. The number of halogens is 3. The average Bonchev–Trinajstić information content (AvgIpc) is 3.41. The molecule has 4 rings (SSSR count). The Kier molecular flexibility index (Phi) is 5.71. The van der Waals surface area contributed by atoms with Gasteiger partial charge in [-0.15, -0.1) is 10.2 Å². The third-order valence-corrected chi connectivity index (χ3v) is 5.95. The first-order chi connectivity index (χ1) is 13.5. The lowest BCUT2D eigenvalue weighted by Gasteiger charge is -2.20. The van der Waals surface area contributed by atoms with Crippen molar-refractivity contribution in [1.82, 2.24) is 15.1 Å². The molecule has 0 spiro atoms. The van der Waals surface area contributed by atoms with E-state index >= 15 is 0 Å². The maximum Gasteiger partial charge on any atom is 0.248 e. The minimum Gasteiger partial charge on any atom is -0.419 e. The van der Waals surface area contributed by atoms with Crippen LogP contribution in [-0.4, -0.2) is 27.0 Å². The topological polar surface area (TPSA) is 59.2 Å². The molecule has 3 aromatic rings. The van der Waals surface area contributed by atoms with Crippen molar-refractivity contribution in [1.29, 1.82) is 0 Å². The largest absolute Gasteiger partial charge is 0.419 e. The van der Waals surface area contributed by atoms with Gasteiger partial charge in [-0.05, 0) is 58.6 Å². The Balaban J connectivity index is 1.49. The quantitative estimate of drug-likeness (QED) is 0.464. The fraction of sp³-hybridized carbons (Fsp3) is 0.250. The van der Waals surface area contributed by atoms with Crippen molar-refractivity contribution in [3.05, 3.63) is 68.4 Å². The number of rotatable bonds is 6. The summed E-state index contributed by atoms with van der Waals surface area (Å²) >= 11 is 15.5. The smallest absolute Gasteiger partial charge is 0.248 e. The highest BCUT2D eigenvalue weighted by Crippen LogP contribution is 2.31. The number of benzene rings is 2. The predicted molar refractivity (Wildman–Crippen MR) is 111 cm³/mol. The molecule has 28 heavy (non-hydrogen) atoms. The van der Waals surface area contributed by atoms with Crippen molar-refractivity contribution < 1.29 is 9.21 Å². The number of carbonyl (C=O) groups is 1. The number of hydrogen-bond acceptors (Lipinski definition) is 4. The van der Waals surface area contributed by atoms with Gasteiger partial charge in [0.05, 0.1) is 28.6 Å². The molecule has 0 radical (unpaired) electrons. The summed E-state index contributed by atoms with van der Waals surface area (Å²) in [6, 6.07) is 13.1. The Morgan fingerprint density at radius 2 is 1.93 bits per heavy atom. The summed E-state index contributed by atoms with van der Waals surface area (Å²) in [5, 5.41) is 9.18. The average molecular weight is 481 g/mol. The monoisotopic (exact) mass is 479 g/mol. The van der Waals surface area contributed by atoms with E-state index in [0.29, 0.717) is 28.4 Å². The van der Waals surface area contributed by atoms with Crippen LogP contribution in [-0.2, 0) is 17.8 Å². The summed E-state index contributed by atoms with van der Waals surface area (Å²) in [5.41, 5.74) is 1.64. The van der Waals surface area contributed by atoms with E-state index in [1.165, 1.54) is 0 Å². The summed E-state index contributed by atoms with van der Waals surface area (Å²) in [6.45, 7) is 0.294. The zero-order valence-electron chi connectivity index (χ0n) is 14.7. The Bertz CT molecular complexity index is 1020. The third-order valence-electron chi connectivity index (χ3n) is 4.52. The van der Waals surface area contributed by atoms with Crippen LogP contribution < -0.4 is 0 Å². The second-order valence-corrected chi connectivity index (χ2v) is 8.33. The summed E-state index contributed by atoms with van der Waals surface area (Å²) in [5.74, 6) is 0.844. The van der Waals surface area contributed by atoms with Gasteiger partial charge in [-0.1, -0.05) is 41.4 Å². The van der Waals surface area contributed by atoms with Gasteiger partial charge in [-0.2, -0.15) is 0 Å². The number of amides is 1. The molecule has 144 valence electrons. The summed E-state index contributed by atoms with van der Waals surface area (Å²) in [6.07, 6.45) is 2.22. The van der Waals surface area contributed by atoms with Gasteiger partial charge in [0.1, 0.15) is 0 Å². The molecule has 1 aliphatic carbocycles. The van der Waals surface area contributed by atoms with Crippen LogP contribution in [0.3, 0.4) is 0 Å². The second kappa shape index (κ2) is 8.23. The van der Waals surface area contributed by atoms with Crippen LogP contribution in [0.5, 0.6) is 0 Å². The molecular formula is C20H16BrCl2N3O2. The predicted octanol–water partition coefficient (Wildman–Crippen LogP) is 5.54. The summed E-state index contributed by atoms with van der Waals surface area (Å²) in [4.78, 5) is 14.7. The van der Waals surface area contributed by atoms with Crippen molar-refractivity contribution in [3.63, 3.8) is 0 Å². The number of aromatic nitrogens is 2. The molecule has 0 N–H and O–H groups in total. The molecule has 0 atom stereocenters. The minimum absolute atomic E-state index is 0.00142. The minimum atomic E-state index is 0.00142. The Labute approximate surface area is 180 Å². The van der Waals surface area contributed by atoms with Gasteiger partial charge in [0, 0.05) is 10.5 Å². The van der Waals surface area contributed by atoms with Crippen LogP contribution in [0.1, 0.15) is 24.3 Å². The molecule has 0 bridgehead atoms. The first kappa shape index (κ1) is 19.4. The molecule has 1 fully saturated rings. The lowest BCUT2D eigenvalue weighted by atomic mass is 10.1. The molecule has 8 heteroatoms. The van der Waals surface area contributed by atoms with E-state index in [-0.39, 0.29) is 18.4 Å². The molecule has 0 saturated heterocycles. The van der Waals surface area contributed by atoms with Crippen molar-refractivity contribution in [2.24, 2.45) is 0 Å². The van der Waals surface area contributed by atoms with Gasteiger partial charge in [-0.25, -0.2) is 0 Å². The Hall–Kier alpha value is -1.89. The van der Waals surface area contributed by atoms with Crippen LogP contribution in [0.15, 0.2) is 51.4 Å². The fourth-order valence-electron chi connectivity index (χ4n) is 2.94. The highest BCUT2D eigenvalue weighted by Gasteiger charge is 2.33. The van der Waals surface area contributed by atoms with Crippen LogP contribution in [0.2, 0.25) is 10.0 Å². The number of nitrogens with zero attached hydrogens (tertiary/aromatic N) is 3. The van der Waals surface area contributed by atoms with E-state index in [2.05, 4.69) is 26.1 Å². The Morgan fingerprint density at radius 1 is 1.14 bits per heavy atom. The zero-order valence-corrected chi connectivity index (χ0v) is 17.8. The van der Waals surface area contributed by atoms with Gasteiger partial charge < -0.3 is 9.32 Å². The molecule has 0 aliphatic heterocycles. The summed E-state index contributed by atoms with van der Waals surface area (Å²) < 4.78 is 6.68. The van der Waals surface area contributed by atoms with Crippen molar-refractivity contribution >= 4 is 45.0 Å². The Morgan fingerprint density at radius 3 is 2.64 bits per heavy atom.